The molecular weight excluding hydrogens is 300 g/mol. The largest absolute Gasteiger partial charge is 0.0854 e. The predicted octanol–water partition coefficient (Wildman–Crippen LogP) is 7.74. The van der Waals surface area contributed by atoms with Gasteiger partial charge in [0.2, 0.25) is 0 Å². The Morgan fingerprint density at radius 2 is 1.64 bits per heavy atom. The van der Waals surface area contributed by atoms with Gasteiger partial charge in [0.25, 0.3) is 0 Å². The van der Waals surface area contributed by atoms with Crippen molar-refractivity contribution in [1.82, 2.24) is 0 Å². The second-order valence-corrected chi connectivity index (χ2v) is 11.1. The molecule has 3 aliphatic carbocycles. The molecule has 0 aromatic carbocycles. The molecule has 0 aliphatic heterocycles. The van der Waals surface area contributed by atoms with Crippen molar-refractivity contribution in [2.45, 2.75) is 93.4 Å². The number of hydrogen-bond donors (Lipinski definition) is 0. The molecule has 7 unspecified atom stereocenters. The van der Waals surface area contributed by atoms with Crippen molar-refractivity contribution < 1.29 is 0 Å². The standard InChI is InChI=1S/C25H44/c1-8-18(4)9-10-19-11-12-20-22(24(19,5)6)15-16-25(7)21(17(2)3)13-14-23(20)25/h9-10,17-23H,8,11-16H2,1-7H3. The molecule has 7 atom stereocenters. The lowest BCUT2D eigenvalue weighted by Gasteiger charge is -2.58. The average molecular weight is 345 g/mol. The summed E-state index contributed by atoms with van der Waals surface area (Å²) in [6.45, 7) is 17.5. The smallest absolute Gasteiger partial charge is 0.0179 e. The fourth-order valence-corrected chi connectivity index (χ4v) is 7.57. The number of allylic oxidation sites excluding steroid dienone is 2. The summed E-state index contributed by atoms with van der Waals surface area (Å²) in [4.78, 5) is 0. The molecule has 0 nitrogen and oxygen atoms in total. The van der Waals surface area contributed by atoms with Crippen LogP contribution in [0.25, 0.3) is 0 Å². The van der Waals surface area contributed by atoms with Crippen LogP contribution in [0.3, 0.4) is 0 Å². The second-order valence-electron chi connectivity index (χ2n) is 11.1. The minimum atomic E-state index is 0.490. The Balaban J connectivity index is 1.79. The fourth-order valence-electron chi connectivity index (χ4n) is 7.57. The third kappa shape index (κ3) is 3.25. The Hall–Kier alpha value is -0.260. The van der Waals surface area contributed by atoms with Crippen LogP contribution >= 0.6 is 0 Å². The highest BCUT2D eigenvalue weighted by Gasteiger charge is 2.58. The summed E-state index contributed by atoms with van der Waals surface area (Å²) < 4.78 is 0. The van der Waals surface area contributed by atoms with E-state index in [-0.39, 0.29) is 0 Å². The van der Waals surface area contributed by atoms with Gasteiger partial charge in [-0.2, -0.15) is 0 Å². The summed E-state index contributed by atoms with van der Waals surface area (Å²) in [6, 6.07) is 0. The van der Waals surface area contributed by atoms with Crippen LogP contribution in [-0.2, 0) is 0 Å². The molecule has 3 saturated carbocycles. The van der Waals surface area contributed by atoms with Crippen molar-refractivity contribution in [3.8, 4) is 0 Å². The van der Waals surface area contributed by atoms with Gasteiger partial charge in [-0.15, -0.1) is 0 Å². The maximum Gasteiger partial charge on any atom is -0.0179 e. The van der Waals surface area contributed by atoms with Gasteiger partial charge < -0.3 is 0 Å². The van der Waals surface area contributed by atoms with Crippen molar-refractivity contribution in [2.75, 3.05) is 0 Å². The fraction of sp³-hybridized carbons (Fsp3) is 0.920. The highest BCUT2D eigenvalue weighted by atomic mass is 14.6. The minimum Gasteiger partial charge on any atom is -0.0854 e. The molecule has 0 aromatic rings. The summed E-state index contributed by atoms with van der Waals surface area (Å²) >= 11 is 0. The second kappa shape index (κ2) is 7.05. The predicted molar refractivity (Wildman–Crippen MR) is 110 cm³/mol. The first kappa shape index (κ1) is 19.5. The van der Waals surface area contributed by atoms with E-state index in [1.54, 1.807) is 0 Å². The first-order valence-corrected chi connectivity index (χ1v) is 11.4. The third-order valence-corrected chi connectivity index (χ3v) is 9.35. The van der Waals surface area contributed by atoms with E-state index in [0.717, 1.165) is 41.4 Å². The highest BCUT2D eigenvalue weighted by molar-refractivity contribution is 5.10. The first-order chi connectivity index (χ1) is 11.7. The van der Waals surface area contributed by atoms with Gasteiger partial charge in [-0.1, -0.05) is 67.0 Å². The summed E-state index contributed by atoms with van der Waals surface area (Å²) in [7, 11) is 0. The molecule has 0 N–H and O–H groups in total. The van der Waals surface area contributed by atoms with Crippen LogP contribution in [0.2, 0.25) is 0 Å². The van der Waals surface area contributed by atoms with Crippen molar-refractivity contribution >= 4 is 0 Å². The third-order valence-electron chi connectivity index (χ3n) is 9.35. The molecule has 3 fully saturated rings. The van der Waals surface area contributed by atoms with E-state index in [1.165, 1.54) is 44.9 Å². The molecule has 0 heterocycles. The SMILES string of the molecule is CCC(C)C=CC1CCC2C(CCC3(C)C(C(C)C)CCC23)C1(C)C. The molecule has 0 amide bonds. The van der Waals surface area contributed by atoms with E-state index in [0.29, 0.717) is 10.8 Å². The lowest BCUT2D eigenvalue weighted by molar-refractivity contribution is -0.0824. The van der Waals surface area contributed by atoms with E-state index < -0.39 is 0 Å². The first-order valence-electron chi connectivity index (χ1n) is 11.4. The van der Waals surface area contributed by atoms with Gasteiger partial charge in [-0.3, -0.25) is 0 Å². The zero-order valence-corrected chi connectivity index (χ0v) is 18.1. The molecule has 0 aromatic heterocycles. The van der Waals surface area contributed by atoms with Gasteiger partial charge in [0.1, 0.15) is 0 Å². The van der Waals surface area contributed by atoms with Crippen molar-refractivity contribution in [2.24, 2.45) is 52.3 Å². The molecule has 3 rings (SSSR count). The quantitative estimate of drug-likeness (QED) is 0.457. The zero-order chi connectivity index (χ0) is 18.4. The Morgan fingerprint density at radius 3 is 2.28 bits per heavy atom. The Bertz CT molecular complexity index is 484. The van der Waals surface area contributed by atoms with E-state index in [9.17, 15) is 0 Å². The maximum absolute atomic E-state index is 2.67. The summed E-state index contributed by atoms with van der Waals surface area (Å²) in [5.74, 6) is 6.36. The van der Waals surface area contributed by atoms with Crippen molar-refractivity contribution in [3.63, 3.8) is 0 Å². The molecule has 0 radical (unpaired) electrons. The van der Waals surface area contributed by atoms with E-state index >= 15 is 0 Å². The summed E-state index contributed by atoms with van der Waals surface area (Å²) in [5, 5.41) is 0. The van der Waals surface area contributed by atoms with Crippen LogP contribution in [0.15, 0.2) is 12.2 Å². The average Bonchev–Trinajstić information content (AvgIpc) is 2.91. The van der Waals surface area contributed by atoms with Crippen LogP contribution in [0.1, 0.15) is 93.4 Å². The molecule has 0 spiro atoms. The molecular formula is C25H44. The van der Waals surface area contributed by atoms with Crippen LogP contribution in [-0.4, -0.2) is 0 Å². The van der Waals surface area contributed by atoms with Gasteiger partial charge in [0, 0.05) is 0 Å². The molecule has 0 saturated heterocycles. The zero-order valence-electron chi connectivity index (χ0n) is 18.1. The Kier molecular flexibility index (Phi) is 5.50. The van der Waals surface area contributed by atoms with Crippen molar-refractivity contribution in [1.29, 1.82) is 0 Å². The van der Waals surface area contributed by atoms with E-state index in [2.05, 4.69) is 60.6 Å². The lowest BCUT2D eigenvalue weighted by Crippen LogP contribution is -2.50. The maximum atomic E-state index is 2.67. The molecule has 0 bridgehead atoms. The summed E-state index contributed by atoms with van der Waals surface area (Å²) in [6.07, 6.45) is 15.3. The molecule has 0 heteroatoms. The summed E-state index contributed by atoms with van der Waals surface area (Å²) in [5.41, 5.74) is 1.13. The van der Waals surface area contributed by atoms with Crippen LogP contribution in [0, 0.1) is 52.3 Å². The van der Waals surface area contributed by atoms with Crippen LogP contribution < -0.4 is 0 Å². The molecule has 25 heavy (non-hydrogen) atoms. The lowest BCUT2D eigenvalue weighted by atomic mass is 9.47. The molecule has 144 valence electrons. The number of rotatable bonds is 4. The Morgan fingerprint density at radius 1 is 0.920 bits per heavy atom. The topological polar surface area (TPSA) is 0 Å². The van der Waals surface area contributed by atoms with Gasteiger partial charge in [0.15, 0.2) is 0 Å². The highest BCUT2D eigenvalue weighted by Crippen LogP contribution is 2.66. The number of fused-ring (bicyclic) bond motifs is 3. The van der Waals surface area contributed by atoms with Crippen LogP contribution in [0.4, 0.5) is 0 Å². The number of hydrogen-bond acceptors (Lipinski definition) is 0. The normalized spacial score (nSPS) is 44.7. The van der Waals surface area contributed by atoms with E-state index in [1.807, 2.05) is 0 Å². The molecule has 3 aliphatic rings. The van der Waals surface area contributed by atoms with Gasteiger partial charge >= 0.3 is 0 Å². The minimum absolute atomic E-state index is 0.490. The Labute approximate surface area is 158 Å². The van der Waals surface area contributed by atoms with Crippen molar-refractivity contribution in [3.05, 3.63) is 12.2 Å². The van der Waals surface area contributed by atoms with Crippen LogP contribution in [0.5, 0.6) is 0 Å². The van der Waals surface area contributed by atoms with Gasteiger partial charge in [-0.25, -0.2) is 0 Å². The van der Waals surface area contributed by atoms with E-state index in [4.69, 9.17) is 0 Å². The monoisotopic (exact) mass is 344 g/mol. The van der Waals surface area contributed by atoms with Gasteiger partial charge in [0.05, 0.1) is 0 Å². The van der Waals surface area contributed by atoms with Gasteiger partial charge in [-0.05, 0) is 90.8 Å².